The van der Waals surface area contributed by atoms with Crippen LogP contribution in [-0.2, 0) is 13.1 Å². The summed E-state index contributed by atoms with van der Waals surface area (Å²) < 4.78 is 2.25. The van der Waals surface area contributed by atoms with Crippen LogP contribution in [0.15, 0.2) is 48.0 Å². The van der Waals surface area contributed by atoms with Crippen molar-refractivity contribution < 1.29 is 0 Å². The molecule has 2 aliphatic heterocycles. The number of aromatic nitrogens is 2. The van der Waals surface area contributed by atoms with Crippen LogP contribution in [0.25, 0.3) is 0 Å². The molecule has 2 aromatic rings. The third-order valence-corrected chi connectivity index (χ3v) is 7.21. The largest absolute Gasteiger partial charge is 0.352 e. The van der Waals surface area contributed by atoms with Crippen LogP contribution in [0.2, 0.25) is 0 Å². The summed E-state index contributed by atoms with van der Waals surface area (Å²) in [6, 6.07) is 9.99. The second-order valence-electron chi connectivity index (χ2n) is 9.27. The molecule has 3 unspecified atom stereocenters. The summed E-state index contributed by atoms with van der Waals surface area (Å²) >= 11 is 0. The molecule has 0 bridgehead atoms. The first-order valence-corrected chi connectivity index (χ1v) is 11.9. The van der Waals surface area contributed by atoms with Crippen LogP contribution < -0.4 is 5.32 Å². The number of hydrogen-bond acceptors (Lipinski definition) is 3. The van der Waals surface area contributed by atoms with Crippen LogP contribution >= 0.6 is 0 Å². The predicted octanol–water partition coefficient (Wildman–Crippen LogP) is 3.92. The summed E-state index contributed by atoms with van der Waals surface area (Å²) in [5.74, 6) is 1.63. The number of likely N-dealkylation sites (tertiary alicyclic amines) is 2. The van der Waals surface area contributed by atoms with E-state index in [-0.39, 0.29) is 0 Å². The lowest BCUT2D eigenvalue weighted by atomic mass is 9.93. The van der Waals surface area contributed by atoms with Crippen molar-refractivity contribution in [2.45, 2.75) is 64.7 Å². The van der Waals surface area contributed by atoms with Crippen molar-refractivity contribution >= 4 is 5.96 Å². The summed E-state index contributed by atoms with van der Waals surface area (Å²) in [5.41, 5.74) is 2.81. The van der Waals surface area contributed by atoms with Gasteiger partial charge in [0.1, 0.15) is 0 Å². The van der Waals surface area contributed by atoms with Crippen LogP contribution in [0.3, 0.4) is 0 Å². The van der Waals surface area contributed by atoms with Gasteiger partial charge < -0.3 is 14.8 Å². The summed E-state index contributed by atoms with van der Waals surface area (Å²) in [7, 11) is 1.90. The number of nitrogens with one attached hydrogen (secondary N) is 1. The van der Waals surface area contributed by atoms with E-state index in [1.54, 1.807) is 0 Å². The van der Waals surface area contributed by atoms with Gasteiger partial charge in [0.25, 0.3) is 0 Å². The first kappa shape index (κ1) is 21.9. The van der Waals surface area contributed by atoms with E-state index in [1.165, 1.54) is 36.9 Å². The molecule has 3 heterocycles. The number of benzene rings is 1. The number of nitrogens with zero attached hydrogens (tertiary/aromatic N) is 5. The van der Waals surface area contributed by atoms with Gasteiger partial charge in [-0.25, -0.2) is 4.98 Å². The molecule has 2 fully saturated rings. The quantitative estimate of drug-likeness (QED) is 0.586. The van der Waals surface area contributed by atoms with E-state index >= 15 is 0 Å². The molecule has 0 radical (unpaired) electrons. The molecule has 31 heavy (non-hydrogen) atoms. The summed E-state index contributed by atoms with van der Waals surface area (Å²) in [6.45, 7) is 9.79. The summed E-state index contributed by atoms with van der Waals surface area (Å²) in [4.78, 5) is 13.9. The molecule has 1 aromatic carbocycles. The van der Waals surface area contributed by atoms with Crippen molar-refractivity contribution in [3.8, 4) is 0 Å². The Morgan fingerprint density at radius 2 is 1.97 bits per heavy atom. The standard InChI is InChI=1S/C25H38N6/c1-20-11-14-30(18-24(20)31-15-12-27-19-31)25(26-3)28-16-22-9-4-5-10-23(22)17-29-13-7-6-8-21(29)2/h4-5,9-10,12,15,19-21,24H,6-8,11,13-14,16-18H2,1-3H3,(H,26,28). The Kier molecular flexibility index (Phi) is 7.28. The lowest BCUT2D eigenvalue weighted by molar-refractivity contribution is 0.152. The molecule has 0 aliphatic carbocycles. The topological polar surface area (TPSA) is 48.7 Å². The fraction of sp³-hybridized carbons (Fsp3) is 0.600. The summed E-state index contributed by atoms with van der Waals surface area (Å²) in [5, 5.41) is 3.66. The van der Waals surface area contributed by atoms with Gasteiger partial charge in [-0.2, -0.15) is 0 Å². The van der Waals surface area contributed by atoms with Crippen molar-refractivity contribution in [1.29, 1.82) is 0 Å². The first-order valence-electron chi connectivity index (χ1n) is 11.9. The zero-order chi connectivity index (χ0) is 21.6. The number of guanidine groups is 1. The minimum Gasteiger partial charge on any atom is -0.352 e. The molecule has 0 saturated carbocycles. The third kappa shape index (κ3) is 5.29. The van der Waals surface area contributed by atoms with E-state index in [4.69, 9.17) is 0 Å². The smallest absolute Gasteiger partial charge is 0.193 e. The lowest BCUT2D eigenvalue weighted by Crippen LogP contribution is -2.48. The zero-order valence-electron chi connectivity index (χ0n) is 19.4. The Balaban J connectivity index is 1.40. The number of piperidine rings is 2. The molecule has 168 valence electrons. The second-order valence-corrected chi connectivity index (χ2v) is 9.27. The maximum atomic E-state index is 4.62. The van der Waals surface area contributed by atoms with E-state index in [0.717, 1.165) is 38.6 Å². The highest BCUT2D eigenvalue weighted by Gasteiger charge is 2.29. The van der Waals surface area contributed by atoms with Gasteiger partial charge in [-0.15, -0.1) is 0 Å². The Bertz CT molecular complexity index is 845. The highest BCUT2D eigenvalue weighted by atomic mass is 15.3. The minimum absolute atomic E-state index is 0.433. The van der Waals surface area contributed by atoms with E-state index in [1.807, 2.05) is 19.6 Å². The average Bonchev–Trinajstić information content (AvgIpc) is 3.32. The van der Waals surface area contributed by atoms with Gasteiger partial charge in [0.2, 0.25) is 0 Å². The van der Waals surface area contributed by atoms with Crippen LogP contribution in [0.4, 0.5) is 0 Å². The van der Waals surface area contributed by atoms with Crippen molar-refractivity contribution in [3.63, 3.8) is 0 Å². The SMILES string of the molecule is CN=C(NCc1ccccc1CN1CCCCC1C)N1CCC(C)C(n2ccnc2)C1. The zero-order valence-corrected chi connectivity index (χ0v) is 19.4. The number of hydrogen-bond donors (Lipinski definition) is 1. The Labute approximate surface area is 187 Å². The van der Waals surface area contributed by atoms with Gasteiger partial charge in [-0.05, 0) is 49.8 Å². The Morgan fingerprint density at radius 1 is 1.13 bits per heavy atom. The molecule has 1 aromatic heterocycles. The molecule has 0 spiro atoms. The molecule has 0 amide bonds. The highest BCUT2D eigenvalue weighted by molar-refractivity contribution is 5.80. The van der Waals surface area contributed by atoms with Crippen LogP contribution in [0.1, 0.15) is 56.7 Å². The minimum atomic E-state index is 0.433. The number of rotatable bonds is 5. The van der Waals surface area contributed by atoms with Gasteiger partial charge in [0.15, 0.2) is 5.96 Å². The van der Waals surface area contributed by atoms with Gasteiger partial charge in [-0.1, -0.05) is 37.6 Å². The monoisotopic (exact) mass is 422 g/mol. The molecule has 1 N–H and O–H groups in total. The van der Waals surface area contributed by atoms with Crippen molar-refractivity contribution in [2.24, 2.45) is 10.9 Å². The Hall–Kier alpha value is -2.34. The van der Waals surface area contributed by atoms with Crippen molar-refractivity contribution in [1.82, 2.24) is 24.7 Å². The summed E-state index contributed by atoms with van der Waals surface area (Å²) in [6.07, 6.45) is 11.1. The van der Waals surface area contributed by atoms with E-state index in [0.29, 0.717) is 18.0 Å². The normalized spacial score (nSPS) is 25.6. The number of aliphatic imine (C=N–C) groups is 1. The molecular weight excluding hydrogens is 384 g/mol. The Morgan fingerprint density at radius 3 is 2.71 bits per heavy atom. The maximum Gasteiger partial charge on any atom is 0.193 e. The van der Waals surface area contributed by atoms with Crippen LogP contribution in [0.5, 0.6) is 0 Å². The van der Waals surface area contributed by atoms with Gasteiger partial charge >= 0.3 is 0 Å². The molecule has 3 atom stereocenters. The van der Waals surface area contributed by atoms with E-state index in [2.05, 4.69) is 74.0 Å². The van der Waals surface area contributed by atoms with Crippen LogP contribution in [-0.4, -0.2) is 58.0 Å². The van der Waals surface area contributed by atoms with Crippen molar-refractivity contribution in [2.75, 3.05) is 26.7 Å². The van der Waals surface area contributed by atoms with Crippen molar-refractivity contribution in [3.05, 3.63) is 54.1 Å². The lowest BCUT2D eigenvalue weighted by Gasteiger charge is -2.39. The molecular formula is C25H38N6. The van der Waals surface area contributed by atoms with E-state index < -0.39 is 0 Å². The van der Waals surface area contributed by atoms with Gasteiger partial charge in [0.05, 0.1) is 12.4 Å². The van der Waals surface area contributed by atoms with E-state index in [9.17, 15) is 0 Å². The number of imidazole rings is 1. The molecule has 4 rings (SSSR count). The molecule has 6 nitrogen and oxygen atoms in total. The average molecular weight is 423 g/mol. The van der Waals surface area contributed by atoms with Crippen LogP contribution in [0, 0.1) is 5.92 Å². The first-order chi connectivity index (χ1) is 15.2. The fourth-order valence-corrected chi connectivity index (χ4v) is 5.10. The third-order valence-electron chi connectivity index (χ3n) is 7.21. The molecule has 2 aliphatic rings. The predicted molar refractivity (Wildman–Crippen MR) is 127 cm³/mol. The maximum absolute atomic E-state index is 4.62. The van der Waals surface area contributed by atoms with Gasteiger partial charge in [0, 0.05) is 51.7 Å². The fourth-order valence-electron chi connectivity index (χ4n) is 5.10. The highest BCUT2D eigenvalue weighted by Crippen LogP contribution is 2.27. The van der Waals surface area contributed by atoms with Gasteiger partial charge in [-0.3, -0.25) is 9.89 Å². The molecule has 6 heteroatoms. The second kappa shape index (κ2) is 10.3. The molecule has 2 saturated heterocycles.